The molecule has 114 valence electrons. The van der Waals surface area contributed by atoms with Crippen LogP contribution in [0, 0.1) is 6.92 Å². The highest BCUT2D eigenvalue weighted by Crippen LogP contribution is 2.20. The van der Waals surface area contributed by atoms with Gasteiger partial charge in [-0.05, 0) is 32.9 Å². The summed E-state index contributed by atoms with van der Waals surface area (Å²) in [5.41, 5.74) is 2.03. The summed E-state index contributed by atoms with van der Waals surface area (Å²) in [7, 11) is 0. The van der Waals surface area contributed by atoms with Crippen LogP contribution in [-0.4, -0.2) is 39.7 Å². The van der Waals surface area contributed by atoms with Crippen LogP contribution in [0.3, 0.4) is 0 Å². The van der Waals surface area contributed by atoms with E-state index in [0.29, 0.717) is 17.2 Å². The van der Waals surface area contributed by atoms with Crippen molar-refractivity contribution >= 4 is 22.8 Å². The maximum atomic E-state index is 12.3. The average Bonchev–Trinajstić information content (AvgIpc) is 2.74. The van der Waals surface area contributed by atoms with Crippen LogP contribution in [0.4, 0.5) is 10.5 Å². The summed E-state index contributed by atoms with van der Waals surface area (Å²) in [6, 6.07) is 5.07. The molecule has 0 saturated heterocycles. The van der Waals surface area contributed by atoms with Crippen LogP contribution in [0.5, 0.6) is 0 Å². The molecule has 0 spiro atoms. The number of fused-ring (bicyclic) bond motifs is 1. The zero-order valence-corrected chi connectivity index (χ0v) is 12.8. The molecule has 0 radical (unpaired) electrons. The van der Waals surface area contributed by atoms with Gasteiger partial charge in [-0.1, -0.05) is 0 Å². The molecule has 0 aliphatic heterocycles. The molecule has 2 amide bonds. The van der Waals surface area contributed by atoms with Crippen LogP contribution >= 0.6 is 0 Å². The van der Waals surface area contributed by atoms with E-state index in [0.717, 1.165) is 5.52 Å². The normalized spacial score (nSPS) is 12.7. The number of rotatable bonds is 4. The van der Waals surface area contributed by atoms with Crippen molar-refractivity contribution in [1.82, 2.24) is 9.88 Å². The Bertz CT molecular complexity index is 634. The number of aromatic nitrogens is 1. The summed E-state index contributed by atoms with van der Waals surface area (Å²) in [4.78, 5) is 18.1. The summed E-state index contributed by atoms with van der Waals surface area (Å²) >= 11 is 0. The Morgan fingerprint density at radius 3 is 2.76 bits per heavy atom. The number of carbonyl (C=O) groups excluding carboxylic acids is 1. The lowest BCUT2D eigenvalue weighted by Gasteiger charge is -2.28. The third-order valence-corrected chi connectivity index (χ3v) is 3.09. The predicted octanol–water partition coefficient (Wildman–Crippen LogP) is 2.76. The predicted molar refractivity (Wildman–Crippen MR) is 81.3 cm³/mol. The second-order valence-electron chi connectivity index (χ2n) is 5.44. The van der Waals surface area contributed by atoms with Crippen LogP contribution in [0.15, 0.2) is 22.6 Å². The third-order valence-electron chi connectivity index (χ3n) is 3.09. The number of hydrogen-bond acceptors (Lipinski definition) is 4. The molecule has 1 heterocycles. The molecule has 2 rings (SSSR count). The zero-order chi connectivity index (χ0) is 15.6. The Kier molecular flexibility index (Phi) is 4.47. The standard InChI is InChI=1S/C15H21N3O3/c1-9(2)18(8-10(3)19)15(20)17-12-5-6-13-14(7-12)21-11(4)16-13/h5-7,9-10,19H,8H2,1-4H3,(H,17,20). The molecule has 0 saturated carbocycles. The lowest BCUT2D eigenvalue weighted by atomic mass is 10.2. The Morgan fingerprint density at radius 2 is 2.14 bits per heavy atom. The van der Waals surface area contributed by atoms with Crippen LogP contribution in [-0.2, 0) is 0 Å². The van der Waals surface area contributed by atoms with Crippen molar-refractivity contribution in [1.29, 1.82) is 0 Å². The van der Waals surface area contributed by atoms with Crippen molar-refractivity contribution in [2.24, 2.45) is 0 Å². The Hall–Kier alpha value is -2.08. The number of aryl methyl sites for hydroxylation is 1. The molecule has 2 aromatic rings. The topological polar surface area (TPSA) is 78.6 Å². The molecule has 0 aliphatic rings. The van der Waals surface area contributed by atoms with E-state index in [9.17, 15) is 9.90 Å². The Labute approximate surface area is 123 Å². The minimum atomic E-state index is -0.572. The number of aliphatic hydroxyl groups is 1. The monoisotopic (exact) mass is 291 g/mol. The van der Waals surface area contributed by atoms with Crippen molar-refractivity contribution in [3.63, 3.8) is 0 Å². The molecular weight excluding hydrogens is 270 g/mol. The van der Waals surface area contributed by atoms with Gasteiger partial charge in [0.05, 0.1) is 6.10 Å². The minimum absolute atomic E-state index is 0.00384. The number of anilines is 1. The first-order valence-electron chi connectivity index (χ1n) is 6.99. The lowest BCUT2D eigenvalue weighted by Crippen LogP contribution is -2.43. The number of amides is 2. The van der Waals surface area contributed by atoms with Gasteiger partial charge in [0, 0.05) is 31.3 Å². The third kappa shape index (κ3) is 3.72. The highest BCUT2D eigenvalue weighted by molar-refractivity contribution is 5.91. The first-order valence-corrected chi connectivity index (χ1v) is 6.99. The van der Waals surface area contributed by atoms with Gasteiger partial charge in [-0.3, -0.25) is 0 Å². The fourth-order valence-electron chi connectivity index (χ4n) is 2.13. The van der Waals surface area contributed by atoms with Crippen LogP contribution < -0.4 is 5.32 Å². The largest absolute Gasteiger partial charge is 0.441 e. The zero-order valence-electron chi connectivity index (χ0n) is 12.8. The molecule has 2 N–H and O–H groups in total. The van der Waals surface area contributed by atoms with Gasteiger partial charge in [-0.15, -0.1) is 0 Å². The number of benzene rings is 1. The first-order chi connectivity index (χ1) is 9.86. The molecular formula is C15H21N3O3. The molecule has 21 heavy (non-hydrogen) atoms. The Balaban J connectivity index is 2.15. The molecule has 0 aliphatic carbocycles. The number of hydrogen-bond donors (Lipinski definition) is 2. The summed E-state index contributed by atoms with van der Waals surface area (Å²) < 4.78 is 5.45. The van der Waals surface area contributed by atoms with Gasteiger partial charge < -0.3 is 19.7 Å². The molecule has 6 nitrogen and oxygen atoms in total. The van der Waals surface area contributed by atoms with Crippen molar-refractivity contribution in [3.05, 3.63) is 24.1 Å². The van der Waals surface area contributed by atoms with E-state index in [4.69, 9.17) is 4.42 Å². The van der Waals surface area contributed by atoms with Crippen molar-refractivity contribution in [2.75, 3.05) is 11.9 Å². The fraction of sp³-hybridized carbons (Fsp3) is 0.467. The minimum Gasteiger partial charge on any atom is -0.441 e. The highest BCUT2D eigenvalue weighted by atomic mass is 16.3. The SMILES string of the molecule is Cc1nc2ccc(NC(=O)N(CC(C)O)C(C)C)cc2o1. The second-order valence-corrected chi connectivity index (χ2v) is 5.44. The fourth-order valence-corrected chi connectivity index (χ4v) is 2.13. The summed E-state index contributed by atoms with van der Waals surface area (Å²) in [5.74, 6) is 0.589. The molecule has 1 aromatic heterocycles. The second kappa shape index (κ2) is 6.13. The number of oxazole rings is 1. The summed E-state index contributed by atoms with van der Waals surface area (Å²) in [6.45, 7) is 7.54. The van der Waals surface area contributed by atoms with Gasteiger partial charge in [0.1, 0.15) is 5.52 Å². The number of nitrogens with zero attached hydrogens (tertiary/aromatic N) is 2. The average molecular weight is 291 g/mol. The van der Waals surface area contributed by atoms with E-state index in [1.165, 1.54) is 0 Å². The molecule has 6 heteroatoms. The molecule has 1 atom stereocenters. The number of nitrogens with one attached hydrogen (secondary N) is 1. The quantitative estimate of drug-likeness (QED) is 0.908. The molecule has 0 bridgehead atoms. The summed E-state index contributed by atoms with van der Waals surface area (Å²) in [6.07, 6.45) is -0.572. The van der Waals surface area contributed by atoms with Crippen molar-refractivity contribution < 1.29 is 14.3 Å². The van der Waals surface area contributed by atoms with E-state index in [1.54, 1.807) is 36.9 Å². The van der Waals surface area contributed by atoms with Crippen molar-refractivity contribution in [2.45, 2.75) is 39.8 Å². The number of carbonyl (C=O) groups is 1. The van der Waals surface area contributed by atoms with Crippen LogP contribution in [0.25, 0.3) is 11.1 Å². The van der Waals surface area contributed by atoms with Gasteiger partial charge in [0.2, 0.25) is 0 Å². The smallest absolute Gasteiger partial charge is 0.322 e. The van der Waals surface area contributed by atoms with Gasteiger partial charge in [0.15, 0.2) is 11.5 Å². The van der Waals surface area contributed by atoms with Gasteiger partial charge in [-0.25, -0.2) is 9.78 Å². The number of urea groups is 1. The van der Waals surface area contributed by atoms with Gasteiger partial charge >= 0.3 is 6.03 Å². The Morgan fingerprint density at radius 1 is 1.43 bits per heavy atom. The maximum Gasteiger partial charge on any atom is 0.322 e. The summed E-state index contributed by atoms with van der Waals surface area (Å²) in [5, 5.41) is 12.3. The van der Waals surface area contributed by atoms with Crippen molar-refractivity contribution in [3.8, 4) is 0 Å². The van der Waals surface area contributed by atoms with Gasteiger partial charge in [-0.2, -0.15) is 0 Å². The molecule has 0 fully saturated rings. The van der Waals surface area contributed by atoms with E-state index in [-0.39, 0.29) is 18.6 Å². The van der Waals surface area contributed by atoms with Crippen LogP contribution in [0.2, 0.25) is 0 Å². The van der Waals surface area contributed by atoms with Gasteiger partial charge in [0.25, 0.3) is 0 Å². The lowest BCUT2D eigenvalue weighted by molar-refractivity contribution is 0.125. The maximum absolute atomic E-state index is 12.3. The number of aliphatic hydroxyl groups excluding tert-OH is 1. The van der Waals surface area contributed by atoms with E-state index >= 15 is 0 Å². The first kappa shape index (κ1) is 15.3. The molecule has 1 unspecified atom stereocenters. The molecule has 1 aromatic carbocycles. The van der Waals surface area contributed by atoms with E-state index in [2.05, 4.69) is 10.3 Å². The van der Waals surface area contributed by atoms with E-state index in [1.807, 2.05) is 13.8 Å². The van der Waals surface area contributed by atoms with Crippen LogP contribution in [0.1, 0.15) is 26.7 Å². The van der Waals surface area contributed by atoms with E-state index < -0.39 is 6.10 Å². The highest BCUT2D eigenvalue weighted by Gasteiger charge is 2.19.